The molecule has 0 bridgehead atoms. The molecule has 23 heavy (non-hydrogen) atoms. The predicted molar refractivity (Wildman–Crippen MR) is 117 cm³/mol. The van der Waals surface area contributed by atoms with Gasteiger partial charge in [-0.3, -0.25) is 8.68 Å². The average molecular weight is 413 g/mol. The summed E-state index contributed by atoms with van der Waals surface area (Å²) in [4.78, 5) is 0. The molecular formula is C13H41N4OPSi4. The topological polar surface area (TPSA) is 39.8 Å². The minimum atomic E-state index is -1.46. The van der Waals surface area contributed by atoms with E-state index in [1.165, 1.54) is 0 Å². The highest BCUT2D eigenvalue weighted by molar-refractivity contribution is 7.48. The molecular weight excluding hydrogens is 371 g/mol. The summed E-state index contributed by atoms with van der Waals surface area (Å²) in [6, 6.07) is 0. The zero-order valence-electron chi connectivity index (χ0n) is 17.7. The van der Waals surface area contributed by atoms with Gasteiger partial charge in [-0.2, -0.15) is 0 Å². The molecule has 0 rings (SSSR count). The molecule has 2 N–H and O–H groups in total. The maximum absolute atomic E-state index is 5.84. The van der Waals surface area contributed by atoms with Gasteiger partial charge in [-0.15, -0.1) is 0 Å². The van der Waals surface area contributed by atoms with E-state index in [0.29, 0.717) is 0 Å². The maximum Gasteiger partial charge on any atom is 0.208 e. The number of hydrogen-bond donors (Lipinski definition) is 2. The normalized spacial score (nSPS) is 15.1. The highest BCUT2D eigenvalue weighted by Crippen LogP contribution is 2.33. The minimum Gasteiger partial charge on any atom is -0.333 e. The SMILES string of the molecule is COP(NN([Si](C)(C)C)[Si](C)(C)C)NN([Si](C)(C)C)[Si](C)(C)C. The number of rotatable bonds is 9. The van der Waals surface area contributed by atoms with Crippen molar-refractivity contribution in [1.82, 2.24) is 19.1 Å². The molecule has 140 valence electrons. The number of nitrogens with one attached hydrogen (secondary N) is 2. The average Bonchev–Trinajstić information content (AvgIpc) is 2.21. The lowest BCUT2D eigenvalue weighted by Crippen LogP contribution is -2.67. The van der Waals surface area contributed by atoms with Crippen molar-refractivity contribution in [2.75, 3.05) is 7.11 Å². The van der Waals surface area contributed by atoms with Gasteiger partial charge in [0.05, 0.1) is 0 Å². The summed E-state index contributed by atoms with van der Waals surface area (Å²) in [5.41, 5.74) is 0. The molecule has 10 heteroatoms. The molecule has 0 radical (unpaired) electrons. The van der Waals surface area contributed by atoms with Crippen LogP contribution in [0.25, 0.3) is 0 Å². The number of hydrogen-bond acceptors (Lipinski definition) is 5. The molecule has 0 aliphatic carbocycles. The molecule has 0 unspecified atom stereocenters. The lowest BCUT2D eigenvalue weighted by molar-refractivity contribution is 0.396. The fourth-order valence-electron chi connectivity index (χ4n) is 2.90. The van der Waals surface area contributed by atoms with Crippen LogP contribution in [0.4, 0.5) is 0 Å². The van der Waals surface area contributed by atoms with Crippen LogP contribution in [0, 0.1) is 0 Å². The minimum absolute atomic E-state index is 0.904. The van der Waals surface area contributed by atoms with E-state index in [9.17, 15) is 0 Å². The van der Waals surface area contributed by atoms with Crippen LogP contribution in [0.15, 0.2) is 0 Å². The highest BCUT2D eigenvalue weighted by atomic mass is 31.2. The molecule has 0 aliphatic heterocycles. The number of hydrazine groups is 2. The van der Waals surface area contributed by atoms with Gasteiger partial charge in [-0.25, -0.2) is 10.4 Å². The molecule has 0 spiro atoms. The van der Waals surface area contributed by atoms with Crippen molar-refractivity contribution in [2.24, 2.45) is 0 Å². The summed E-state index contributed by atoms with van der Waals surface area (Å²) in [5, 5.41) is 7.50. The summed E-state index contributed by atoms with van der Waals surface area (Å²) in [6.45, 7) is 28.8. The van der Waals surface area contributed by atoms with E-state index in [-0.39, 0.29) is 0 Å². The molecule has 0 atom stereocenters. The van der Waals surface area contributed by atoms with E-state index in [1.54, 1.807) is 0 Å². The second-order valence-corrected chi connectivity index (χ2v) is 31.4. The van der Waals surface area contributed by atoms with E-state index in [4.69, 9.17) is 4.52 Å². The van der Waals surface area contributed by atoms with Gasteiger partial charge in [0.1, 0.15) is 32.9 Å². The Morgan fingerprint density at radius 1 is 0.565 bits per heavy atom. The zero-order chi connectivity index (χ0) is 18.9. The van der Waals surface area contributed by atoms with Gasteiger partial charge in [0.25, 0.3) is 0 Å². The molecule has 0 fully saturated rings. The van der Waals surface area contributed by atoms with Gasteiger partial charge in [0.15, 0.2) is 0 Å². The number of nitrogens with zero attached hydrogens (tertiary/aromatic N) is 2. The fraction of sp³-hybridized carbons (Fsp3) is 1.00. The summed E-state index contributed by atoms with van der Waals surface area (Å²) < 4.78 is 11.0. The summed E-state index contributed by atoms with van der Waals surface area (Å²) in [5.74, 6) is 0. The fourth-order valence-corrected chi connectivity index (χ4v) is 25.5. The van der Waals surface area contributed by atoms with Crippen LogP contribution in [-0.4, -0.2) is 48.7 Å². The van der Waals surface area contributed by atoms with Crippen molar-refractivity contribution in [2.45, 2.75) is 78.6 Å². The molecule has 0 aromatic heterocycles. The van der Waals surface area contributed by atoms with Crippen LogP contribution >= 0.6 is 8.45 Å². The van der Waals surface area contributed by atoms with E-state index in [2.05, 4.69) is 97.6 Å². The van der Waals surface area contributed by atoms with Gasteiger partial charge in [0.2, 0.25) is 8.45 Å². The van der Waals surface area contributed by atoms with Crippen molar-refractivity contribution in [3.05, 3.63) is 0 Å². The Morgan fingerprint density at radius 2 is 0.783 bits per heavy atom. The third-order valence-electron chi connectivity index (χ3n) is 3.25. The van der Waals surface area contributed by atoms with Gasteiger partial charge >= 0.3 is 0 Å². The van der Waals surface area contributed by atoms with Gasteiger partial charge in [-0.1, -0.05) is 78.6 Å². The molecule has 0 saturated carbocycles. The Kier molecular flexibility index (Phi) is 8.59. The molecule has 0 aromatic rings. The Morgan fingerprint density at radius 3 is 0.913 bits per heavy atom. The summed E-state index contributed by atoms with van der Waals surface area (Å²) >= 11 is 0. The van der Waals surface area contributed by atoms with E-state index >= 15 is 0 Å². The van der Waals surface area contributed by atoms with Crippen LogP contribution in [-0.2, 0) is 4.52 Å². The van der Waals surface area contributed by atoms with Gasteiger partial charge in [-0.05, 0) is 0 Å². The molecule has 0 heterocycles. The largest absolute Gasteiger partial charge is 0.333 e. The van der Waals surface area contributed by atoms with E-state index in [0.717, 1.165) is 0 Å². The smallest absolute Gasteiger partial charge is 0.208 e. The second-order valence-electron chi connectivity index (χ2n) is 10.0. The van der Waals surface area contributed by atoms with E-state index < -0.39 is 41.4 Å². The first-order valence-electron chi connectivity index (χ1n) is 8.38. The molecule has 0 aliphatic rings. The van der Waals surface area contributed by atoms with Gasteiger partial charge in [0, 0.05) is 7.11 Å². The first kappa shape index (κ1) is 24.1. The molecule has 0 saturated heterocycles. The van der Waals surface area contributed by atoms with Crippen molar-refractivity contribution in [3.63, 3.8) is 0 Å². The van der Waals surface area contributed by atoms with Gasteiger partial charge < -0.3 is 4.52 Å². The van der Waals surface area contributed by atoms with Crippen LogP contribution in [0.2, 0.25) is 78.6 Å². The lowest BCUT2D eigenvalue weighted by Gasteiger charge is -2.48. The Labute approximate surface area is 150 Å². The first-order valence-corrected chi connectivity index (χ1v) is 23.4. The zero-order valence-corrected chi connectivity index (χ0v) is 22.6. The van der Waals surface area contributed by atoms with Crippen LogP contribution in [0.5, 0.6) is 0 Å². The molecule has 0 aromatic carbocycles. The second kappa shape index (κ2) is 8.20. The lowest BCUT2D eigenvalue weighted by atomic mass is 11.8. The maximum atomic E-state index is 5.84. The summed E-state index contributed by atoms with van der Waals surface area (Å²) in [7, 11) is -4.93. The molecule has 5 nitrogen and oxygen atoms in total. The van der Waals surface area contributed by atoms with Crippen LogP contribution in [0.3, 0.4) is 0 Å². The van der Waals surface area contributed by atoms with Crippen molar-refractivity contribution in [3.8, 4) is 0 Å². The summed E-state index contributed by atoms with van der Waals surface area (Å²) in [6.07, 6.45) is 0. The third kappa shape index (κ3) is 8.35. The Bertz CT molecular complexity index is 312. The Balaban J connectivity index is 5.36. The predicted octanol–water partition coefficient (Wildman–Crippen LogP) is 4.81. The van der Waals surface area contributed by atoms with Crippen molar-refractivity contribution in [1.29, 1.82) is 0 Å². The Hall–Kier alpha value is 1.10. The molecule has 0 amide bonds. The van der Waals surface area contributed by atoms with Crippen molar-refractivity contribution < 1.29 is 4.52 Å². The monoisotopic (exact) mass is 412 g/mol. The standard InChI is InChI=1S/C13H41N4OPSi4/c1-18-19(14-16(20(2,3)4)21(5,6)7)15-17(22(8,9)10)23(11,12)13/h14-15H,1-13H3. The van der Waals surface area contributed by atoms with E-state index in [1.807, 2.05) is 7.11 Å². The van der Waals surface area contributed by atoms with Crippen molar-refractivity contribution >= 4 is 41.4 Å². The highest BCUT2D eigenvalue weighted by Gasteiger charge is 2.39. The van der Waals surface area contributed by atoms with Crippen LogP contribution in [0.1, 0.15) is 0 Å². The third-order valence-corrected chi connectivity index (χ3v) is 19.0. The van der Waals surface area contributed by atoms with Crippen LogP contribution < -0.4 is 10.4 Å². The first-order chi connectivity index (χ1) is 9.90. The quantitative estimate of drug-likeness (QED) is 0.323.